The number of nitrogens with one attached hydrogen (secondary N) is 1. The maximum atomic E-state index is 10.4. The van der Waals surface area contributed by atoms with E-state index in [9.17, 15) is 4.79 Å². The Hall–Kier alpha value is -2.58. The predicted octanol–water partition coefficient (Wildman–Crippen LogP) is 6.20. The molecule has 35 heavy (non-hydrogen) atoms. The monoisotopic (exact) mass is 500 g/mol. The highest BCUT2D eigenvalue weighted by atomic mass is 32.2. The third-order valence-corrected chi connectivity index (χ3v) is 6.57. The van der Waals surface area contributed by atoms with Gasteiger partial charge in [0.2, 0.25) is 0 Å². The van der Waals surface area contributed by atoms with Crippen molar-refractivity contribution < 1.29 is 14.6 Å². The van der Waals surface area contributed by atoms with E-state index in [2.05, 4.69) is 16.2 Å². The summed E-state index contributed by atoms with van der Waals surface area (Å²) in [6.45, 7) is 10.6. The number of carbonyl (C=O) groups is 1. The van der Waals surface area contributed by atoms with Crippen LogP contribution in [0.25, 0.3) is 0 Å². The highest BCUT2D eigenvalue weighted by Gasteiger charge is 2.19. The quantitative estimate of drug-likeness (QED) is 0.236. The molecular formula is C27H40N4O3S. The molecule has 2 heterocycles. The van der Waals surface area contributed by atoms with E-state index in [-0.39, 0.29) is 18.2 Å². The fraction of sp³-hybridized carbons (Fsp3) is 0.519. The van der Waals surface area contributed by atoms with Crippen LogP contribution in [-0.2, 0) is 4.79 Å². The predicted molar refractivity (Wildman–Crippen MR) is 144 cm³/mol. The largest absolute Gasteiger partial charge is 0.489 e. The number of aryl methyl sites for hydroxylation is 1. The summed E-state index contributed by atoms with van der Waals surface area (Å²) < 4.78 is 7.96. The van der Waals surface area contributed by atoms with Crippen molar-refractivity contribution in [3.8, 4) is 5.75 Å². The number of ether oxygens (including phenoxy) is 1. The van der Waals surface area contributed by atoms with E-state index in [0.29, 0.717) is 11.3 Å². The molecule has 8 heteroatoms. The Morgan fingerprint density at radius 1 is 1.26 bits per heavy atom. The van der Waals surface area contributed by atoms with Crippen molar-refractivity contribution in [2.45, 2.75) is 77.3 Å². The van der Waals surface area contributed by atoms with Gasteiger partial charge >= 0.3 is 5.97 Å². The molecule has 2 aromatic rings. The number of hydrogen-bond acceptors (Lipinski definition) is 7. The number of nitrogens with zero attached hydrogens (tertiary/aromatic N) is 2. The molecule has 7 nitrogen and oxygen atoms in total. The molecule has 1 aliphatic carbocycles. The van der Waals surface area contributed by atoms with Crippen molar-refractivity contribution in [3.63, 3.8) is 0 Å². The molecule has 4 rings (SSSR count). The van der Waals surface area contributed by atoms with Gasteiger partial charge in [-0.2, -0.15) is 0 Å². The summed E-state index contributed by atoms with van der Waals surface area (Å²) in [5.74, 6) is 0.639. The van der Waals surface area contributed by atoms with Gasteiger partial charge in [-0.25, -0.2) is 9.29 Å². The SMILES string of the molecule is C1CCC1.CC(C)Oc1ccc(SN2CC[C@H](C)C2)nc1.Cc1ccc(C(=N)CC(=O)O)c(N)c1. The lowest BCUT2D eigenvalue weighted by Gasteiger charge is -2.14. The number of aliphatic carboxylic acids is 1. The minimum atomic E-state index is -1.02. The Balaban J connectivity index is 0.000000215. The summed E-state index contributed by atoms with van der Waals surface area (Å²) in [7, 11) is 0. The van der Waals surface area contributed by atoms with Gasteiger partial charge in [0, 0.05) is 24.3 Å². The first-order valence-electron chi connectivity index (χ1n) is 12.4. The number of nitrogens with two attached hydrogens (primary N) is 1. The van der Waals surface area contributed by atoms with Crippen LogP contribution in [0.5, 0.6) is 5.75 Å². The molecule has 4 N–H and O–H groups in total. The van der Waals surface area contributed by atoms with Gasteiger partial charge in [-0.05, 0) is 68.8 Å². The van der Waals surface area contributed by atoms with E-state index in [1.807, 2.05) is 45.2 Å². The number of carboxylic acid groups (broad SMARTS) is 1. The molecule has 2 aliphatic rings. The Labute approximate surface area is 214 Å². The molecule has 0 bridgehead atoms. The fourth-order valence-corrected chi connectivity index (χ4v) is 4.34. The molecule has 1 saturated heterocycles. The molecule has 2 fully saturated rings. The van der Waals surface area contributed by atoms with Gasteiger partial charge in [-0.3, -0.25) is 4.79 Å². The van der Waals surface area contributed by atoms with Crippen LogP contribution >= 0.6 is 11.9 Å². The van der Waals surface area contributed by atoms with Crippen LogP contribution in [0.15, 0.2) is 41.6 Å². The number of hydrogen-bond donors (Lipinski definition) is 3. The molecule has 0 radical (unpaired) electrons. The molecular weight excluding hydrogens is 460 g/mol. The smallest absolute Gasteiger partial charge is 0.309 e. The number of benzene rings is 1. The number of pyridine rings is 1. The van der Waals surface area contributed by atoms with Crippen LogP contribution in [0.1, 0.15) is 70.4 Å². The molecule has 1 aliphatic heterocycles. The first kappa shape index (κ1) is 28.7. The van der Waals surface area contributed by atoms with Crippen LogP contribution in [0.2, 0.25) is 0 Å². The zero-order valence-corrected chi connectivity index (χ0v) is 22.2. The Morgan fingerprint density at radius 2 is 1.94 bits per heavy atom. The van der Waals surface area contributed by atoms with E-state index in [0.717, 1.165) is 35.3 Å². The van der Waals surface area contributed by atoms with Gasteiger partial charge in [0.15, 0.2) is 0 Å². The van der Waals surface area contributed by atoms with Crippen LogP contribution in [0.3, 0.4) is 0 Å². The third kappa shape index (κ3) is 11.1. The molecule has 0 unspecified atom stereocenters. The molecule has 1 atom stereocenters. The number of carboxylic acids is 1. The fourth-order valence-electron chi connectivity index (χ4n) is 3.33. The second-order valence-corrected chi connectivity index (χ2v) is 10.5. The Bertz CT molecular complexity index is 942. The van der Waals surface area contributed by atoms with Gasteiger partial charge in [0.05, 0.1) is 24.4 Å². The van der Waals surface area contributed by atoms with E-state index < -0.39 is 5.97 Å². The lowest BCUT2D eigenvalue weighted by atomic mass is 10.0. The first-order chi connectivity index (χ1) is 16.6. The maximum absolute atomic E-state index is 10.4. The Kier molecular flexibility index (Phi) is 12.1. The lowest BCUT2D eigenvalue weighted by molar-refractivity contribution is -0.135. The van der Waals surface area contributed by atoms with Crippen molar-refractivity contribution in [1.29, 1.82) is 5.41 Å². The normalized spacial score (nSPS) is 16.9. The highest BCUT2D eigenvalue weighted by molar-refractivity contribution is 7.97. The molecule has 0 amide bonds. The topological polar surface area (TPSA) is 113 Å². The van der Waals surface area contributed by atoms with Crippen molar-refractivity contribution in [3.05, 3.63) is 47.7 Å². The summed E-state index contributed by atoms with van der Waals surface area (Å²) in [6.07, 6.45) is 9.01. The van der Waals surface area contributed by atoms with Gasteiger partial charge in [-0.15, -0.1) is 0 Å². The number of nitrogen functional groups attached to an aromatic ring is 1. The number of rotatable bonds is 7. The minimum absolute atomic E-state index is 0.0370. The average molecular weight is 501 g/mol. The average Bonchev–Trinajstić information content (AvgIpc) is 3.12. The summed E-state index contributed by atoms with van der Waals surface area (Å²) >= 11 is 1.75. The zero-order valence-electron chi connectivity index (χ0n) is 21.4. The zero-order chi connectivity index (χ0) is 25.8. The van der Waals surface area contributed by atoms with Gasteiger partial charge in [-0.1, -0.05) is 44.7 Å². The van der Waals surface area contributed by atoms with Crippen LogP contribution < -0.4 is 10.5 Å². The second kappa shape index (κ2) is 14.7. The lowest BCUT2D eigenvalue weighted by Crippen LogP contribution is -2.11. The number of aromatic nitrogens is 1. The van der Waals surface area contributed by atoms with Gasteiger partial charge in [0.1, 0.15) is 10.8 Å². The molecule has 1 aromatic carbocycles. The summed E-state index contributed by atoms with van der Waals surface area (Å²) in [5.41, 5.74) is 7.65. The van der Waals surface area contributed by atoms with Gasteiger partial charge in [0.25, 0.3) is 0 Å². The first-order valence-corrected chi connectivity index (χ1v) is 13.1. The van der Waals surface area contributed by atoms with Crippen molar-refractivity contribution >= 4 is 29.3 Å². The molecule has 192 valence electrons. The van der Waals surface area contributed by atoms with E-state index in [1.165, 1.54) is 32.1 Å². The van der Waals surface area contributed by atoms with Crippen LogP contribution in [0, 0.1) is 18.3 Å². The van der Waals surface area contributed by atoms with Gasteiger partial charge < -0.3 is 21.0 Å². The van der Waals surface area contributed by atoms with Crippen LogP contribution in [0.4, 0.5) is 5.69 Å². The van der Waals surface area contributed by atoms with Crippen molar-refractivity contribution in [1.82, 2.24) is 9.29 Å². The summed E-state index contributed by atoms with van der Waals surface area (Å²) in [4.78, 5) is 14.8. The maximum Gasteiger partial charge on any atom is 0.309 e. The standard InChI is InChI=1S/C13H20N2OS.C10H12N2O2.C4H8/c1-10(2)16-12-4-5-13(14-8-12)17-15-7-6-11(3)9-15;1-6-2-3-7(8(11)4-6)9(12)5-10(13)14;1-2-4-3-1/h4-5,8,10-11H,6-7,9H2,1-3H3;2-4,12H,5,11H2,1H3,(H,13,14);1-4H2/t11-;;/m0../s1. The second-order valence-electron chi connectivity index (χ2n) is 9.43. The minimum Gasteiger partial charge on any atom is -0.489 e. The third-order valence-electron chi connectivity index (χ3n) is 5.55. The van der Waals surface area contributed by atoms with Crippen molar-refractivity contribution in [2.24, 2.45) is 5.92 Å². The summed E-state index contributed by atoms with van der Waals surface area (Å²) in [6, 6.07) is 9.24. The van der Waals surface area contributed by atoms with E-state index >= 15 is 0 Å². The number of anilines is 1. The highest BCUT2D eigenvalue weighted by Crippen LogP contribution is 2.28. The Morgan fingerprint density at radius 3 is 2.40 bits per heavy atom. The van der Waals surface area contributed by atoms with Crippen molar-refractivity contribution in [2.75, 3.05) is 18.8 Å². The molecule has 1 aromatic heterocycles. The van der Waals surface area contributed by atoms with Crippen LogP contribution in [-0.4, -0.2) is 45.3 Å². The van der Waals surface area contributed by atoms with E-state index in [4.69, 9.17) is 21.0 Å². The van der Waals surface area contributed by atoms with E-state index in [1.54, 1.807) is 24.1 Å². The molecule has 1 saturated carbocycles. The summed E-state index contributed by atoms with van der Waals surface area (Å²) in [5, 5.41) is 17.1. The molecule has 0 spiro atoms.